The number of benzene rings is 1. The van der Waals surface area contributed by atoms with E-state index in [9.17, 15) is 9.59 Å². The van der Waals surface area contributed by atoms with Crippen LogP contribution < -0.4 is 5.32 Å². The van der Waals surface area contributed by atoms with Crippen LogP contribution in [0.25, 0.3) is 0 Å². The van der Waals surface area contributed by atoms with Crippen molar-refractivity contribution in [3.05, 3.63) is 66.3 Å². The van der Waals surface area contributed by atoms with Gasteiger partial charge in [-0.2, -0.15) is 0 Å². The molecule has 1 amide bonds. The number of aromatic carboxylic acids is 1. The van der Waals surface area contributed by atoms with E-state index in [1.54, 1.807) is 12.1 Å². The summed E-state index contributed by atoms with van der Waals surface area (Å²) < 4.78 is 0. The SMILES string of the molecule is CCCCC/C=C\C/C=C\C/C=C\CCCCCCC(=O)Nc1ccc(C(=O)O)cc1. The van der Waals surface area contributed by atoms with E-state index >= 15 is 0 Å². The zero-order chi connectivity index (χ0) is 22.6. The van der Waals surface area contributed by atoms with Gasteiger partial charge in [0.05, 0.1) is 5.56 Å². The topological polar surface area (TPSA) is 66.4 Å². The second kappa shape index (κ2) is 18.2. The average Bonchev–Trinajstić information content (AvgIpc) is 2.76. The fraction of sp³-hybridized carbons (Fsp3) is 0.481. The van der Waals surface area contributed by atoms with Gasteiger partial charge in [-0.3, -0.25) is 4.79 Å². The minimum atomic E-state index is -0.967. The first-order valence-electron chi connectivity index (χ1n) is 11.7. The Kier molecular flexibility index (Phi) is 15.5. The summed E-state index contributed by atoms with van der Waals surface area (Å²) in [6.45, 7) is 2.23. The van der Waals surface area contributed by atoms with Gasteiger partial charge in [0.2, 0.25) is 5.91 Å². The van der Waals surface area contributed by atoms with Crippen LogP contribution in [-0.2, 0) is 4.79 Å². The lowest BCUT2D eigenvalue weighted by Gasteiger charge is -2.05. The molecule has 1 aromatic carbocycles. The number of carboxylic acid groups (broad SMARTS) is 1. The molecule has 0 bridgehead atoms. The Hall–Kier alpha value is -2.62. The Morgan fingerprint density at radius 1 is 0.774 bits per heavy atom. The van der Waals surface area contributed by atoms with E-state index in [1.807, 2.05) is 0 Å². The number of hydrogen-bond acceptors (Lipinski definition) is 2. The molecule has 4 nitrogen and oxygen atoms in total. The van der Waals surface area contributed by atoms with Gasteiger partial charge in [0, 0.05) is 12.1 Å². The van der Waals surface area contributed by atoms with Gasteiger partial charge in [-0.1, -0.05) is 69.1 Å². The van der Waals surface area contributed by atoms with Gasteiger partial charge < -0.3 is 10.4 Å². The highest BCUT2D eigenvalue weighted by Crippen LogP contribution is 2.12. The van der Waals surface area contributed by atoms with Crippen LogP contribution in [0.1, 0.15) is 94.3 Å². The molecule has 4 heteroatoms. The van der Waals surface area contributed by atoms with Gasteiger partial charge in [-0.05, 0) is 69.2 Å². The molecule has 0 aliphatic carbocycles. The predicted octanol–water partition coefficient (Wildman–Crippen LogP) is 7.69. The first-order valence-corrected chi connectivity index (χ1v) is 11.7. The van der Waals surface area contributed by atoms with Crippen LogP contribution in [0.15, 0.2) is 60.7 Å². The van der Waals surface area contributed by atoms with Gasteiger partial charge in [0.25, 0.3) is 0 Å². The second-order valence-corrected chi connectivity index (χ2v) is 7.76. The van der Waals surface area contributed by atoms with Crippen molar-refractivity contribution in [2.45, 2.75) is 84.0 Å². The zero-order valence-electron chi connectivity index (χ0n) is 19.0. The Morgan fingerprint density at radius 2 is 1.32 bits per heavy atom. The quantitative estimate of drug-likeness (QED) is 0.198. The number of carbonyl (C=O) groups excluding carboxylic acids is 1. The number of carbonyl (C=O) groups is 2. The number of nitrogens with one attached hydrogen (secondary N) is 1. The summed E-state index contributed by atoms with van der Waals surface area (Å²) in [4.78, 5) is 22.8. The molecule has 0 aliphatic rings. The number of allylic oxidation sites excluding steroid dienone is 6. The van der Waals surface area contributed by atoms with Crippen LogP contribution in [0, 0.1) is 0 Å². The van der Waals surface area contributed by atoms with E-state index in [0.29, 0.717) is 12.1 Å². The summed E-state index contributed by atoms with van der Waals surface area (Å²) in [7, 11) is 0. The number of anilines is 1. The summed E-state index contributed by atoms with van der Waals surface area (Å²) in [5.41, 5.74) is 0.852. The third-order valence-electron chi connectivity index (χ3n) is 4.96. The van der Waals surface area contributed by atoms with Crippen molar-refractivity contribution in [3.8, 4) is 0 Å². The number of rotatable bonds is 17. The molecule has 0 aliphatic heterocycles. The molecule has 31 heavy (non-hydrogen) atoms. The molecule has 1 rings (SSSR count). The van der Waals surface area contributed by atoms with Crippen molar-refractivity contribution in [2.75, 3.05) is 5.32 Å². The molecule has 1 aromatic rings. The minimum Gasteiger partial charge on any atom is -0.478 e. The van der Waals surface area contributed by atoms with Crippen molar-refractivity contribution < 1.29 is 14.7 Å². The van der Waals surface area contributed by atoms with Crippen LogP contribution in [0.5, 0.6) is 0 Å². The second-order valence-electron chi connectivity index (χ2n) is 7.76. The molecule has 0 saturated carbocycles. The van der Waals surface area contributed by atoms with Crippen molar-refractivity contribution >= 4 is 17.6 Å². The number of unbranched alkanes of at least 4 members (excludes halogenated alkanes) is 7. The van der Waals surface area contributed by atoms with E-state index in [4.69, 9.17) is 5.11 Å². The van der Waals surface area contributed by atoms with Crippen molar-refractivity contribution in [1.29, 1.82) is 0 Å². The Labute approximate surface area is 188 Å². The van der Waals surface area contributed by atoms with Crippen molar-refractivity contribution in [1.82, 2.24) is 0 Å². The smallest absolute Gasteiger partial charge is 0.335 e. The Balaban J connectivity index is 1.97. The van der Waals surface area contributed by atoms with Crippen LogP contribution >= 0.6 is 0 Å². The fourth-order valence-corrected chi connectivity index (χ4v) is 3.11. The van der Waals surface area contributed by atoms with E-state index in [0.717, 1.165) is 44.9 Å². The Bertz CT molecular complexity index is 702. The predicted molar refractivity (Wildman–Crippen MR) is 131 cm³/mol. The highest BCUT2D eigenvalue weighted by molar-refractivity contribution is 5.92. The molecular weight excluding hydrogens is 386 g/mol. The lowest BCUT2D eigenvalue weighted by molar-refractivity contribution is -0.116. The summed E-state index contributed by atoms with van der Waals surface area (Å²) in [5, 5.41) is 11.7. The van der Waals surface area contributed by atoms with Gasteiger partial charge >= 0.3 is 5.97 Å². The van der Waals surface area contributed by atoms with Crippen molar-refractivity contribution in [2.24, 2.45) is 0 Å². The van der Waals surface area contributed by atoms with Crippen LogP contribution in [0.2, 0.25) is 0 Å². The maximum atomic E-state index is 11.9. The summed E-state index contributed by atoms with van der Waals surface area (Å²) >= 11 is 0. The van der Waals surface area contributed by atoms with Crippen molar-refractivity contribution in [3.63, 3.8) is 0 Å². The molecule has 0 radical (unpaired) electrons. The lowest BCUT2D eigenvalue weighted by Crippen LogP contribution is -2.11. The molecule has 2 N–H and O–H groups in total. The molecular formula is C27H39NO3. The van der Waals surface area contributed by atoms with E-state index in [-0.39, 0.29) is 11.5 Å². The van der Waals surface area contributed by atoms with Gasteiger partial charge in [-0.15, -0.1) is 0 Å². The molecule has 0 aromatic heterocycles. The standard InChI is InChI=1S/C27H39NO3/c1-2-3-4-5-6-7-8-9-10-11-12-13-14-15-16-17-18-19-26(29)28-25-22-20-24(21-23-25)27(30)31/h6-7,9-10,12-13,20-23H,2-5,8,11,14-19H2,1H3,(H,28,29)(H,30,31)/b7-6-,10-9-,13-12-. The van der Waals surface area contributed by atoms with E-state index < -0.39 is 5.97 Å². The first kappa shape index (κ1) is 26.4. The third kappa shape index (κ3) is 14.9. The average molecular weight is 426 g/mol. The first-order chi connectivity index (χ1) is 15.1. The lowest BCUT2D eigenvalue weighted by atomic mass is 10.1. The highest BCUT2D eigenvalue weighted by Gasteiger charge is 2.04. The summed E-state index contributed by atoms with van der Waals surface area (Å²) in [6.07, 6.45) is 26.4. The normalized spacial score (nSPS) is 11.6. The molecule has 0 unspecified atom stereocenters. The van der Waals surface area contributed by atoms with Crippen LogP contribution in [-0.4, -0.2) is 17.0 Å². The summed E-state index contributed by atoms with van der Waals surface area (Å²) in [5.74, 6) is -0.990. The molecule has 0 atom stereocenters. The molecule has 0 heterocycles. The molecule has 170 valence electrons. The maximum absolute atomic E-state index is 11.9. The third-order valence-corrected chi connectivity index (χ3v) is 4.96. The van der Waals surface area contributed by atoms with Gasteiger partial charge in [0.15, 0.2) is 0 Å². The highest BCUT2D eigenvalue weighted by atomic mass is 16.4. The number of carboxylic acids is 1. The monoisotopic (exact) mass is 425 g/mol. The number of amides is 1. The zero-order valence-corrected chi connectivity index (χ0v) is 19.0. The van der Waals surface area contributed by atoms with E-state index in [1.165, 1.54) is 37.8 Å². The maximum Gasteiger partial charge on any atom is 0.335 e. The molecule has 0 saturated heterocycles. The largest absolute Gasteiger partial charge is 0.478 e. The van der Waals surface area contributed by atoms with Gasteiger partial charge in [0.1, 0.15) is 0 Å². The van der Waals surface area contributed by atoms with Crippen LogP contribution in [0.4, 0.5) is 5.69 Å². The fourth-order valence-electron chi connectivity index (χ4n) is 3.11. The number of hydrogen-bond donors (Lipinski definition) is 2. The molecule has 0 spiro atoms. The van der Waals surface area contributed by atoms with Gasteiger partial charge in [-0.25, -0.2) is 4.79 Å². The Morgan fingerprint density at radius 3 is 1.90 bits per heavy atom. The molecule has 0 fully saturated rings. The van der Waals surface area contributed by atoms with Crippen LogP contribution in [0.3, 0.4) is 0 Å². The van der Waals surface area contributed by atoms with E-state index in [2.05, 4.69) is 48.7 Å². The minimum absolute atomic E-state index is 0.0226. The summed E-state index contributed by atoms with van der Waals surface area (Å²) in [6, 6.07) is 6.23.